The quantitative estimate of drug-likeness (QED) is 0.548. The highest BCUT2D eigenvalue weighted by Crippen LogP contribution is 2.31. The normalized spacial score (nSPS) is 49.2. The smallest absolute Gasteiger partial charge is 0.00672 e. The highest BCUT2D eigenvalue weighted by atomic mass is 14.7. The second-order valence-corrected chi connectivity index (χ2v) is 4.07. The van der Waals surface area contributed by atoms with Crippen molar-refractivity contribution in [1.29, 1.82) is 0 Å². The number of hydrogen-bond acceptors (Lipinski definition) is 1. The van der Waals surface area contributed by atoms with Crippen molar-refractivity contribution in [2.24, 2.45) is 23.5 Å². The first-order valence-electron chi connectivity index (χ1n) is 4.37. The van der Waals surface area contributed by atoms with Crippen molar-refractivity contribution in [2.45, 2.75) is 39.7 Å². The Balaban J connectivity index is 2.46. The first-order chi connectivity index (χ1) is 4.61. The topological polar surface area (TPSA) is 26.0 Å². The molecular weight excluding hydrogens is 122 g/mol. The second kappa shape index (κ2) is 2.91. The van der Waals surface area contributed by atoms with Crippen LogP contribution in [-0.4, -0.2) is 6.04 Å². The molecule has 2 N–H and O–H groups in total. The minimum absolute atomic E-state index is 0.464. The maximum Gasteiger partial charge on any atom is 0.00672 e. The zero-order valence-electron chi connectivity index (χ0n) is 7.30. The predicted octanol–water partition coefficient (Wildman–Crippen LogP) is 2.02. The maximum absolute atomic E-state index is 5.93. The van der Waals surface area contributed by atoms with Gasteiger partial charge in [0.25, 0.3) is 0 Å². The molecule has 1 aliphatic rings. The summed E-state index contributed by atoms with van der Waals surface area (Å²) in [6, 6.07) is 0.464. The number of hydrogen-bond donors (Lipinski definition) is 1. The zero-order chi connectivity index (χ0) is 7.72. The fourth-order valence-electron chi connectivity index (χ4n) is 1.89. The number of nitrogens with two attached hydrogens (primary N) is 1. The average Bonchev–Trinajstić information content (AvgIpc) is 1.84. The molecule has 0 heterocycles. The van der Waals surface area contributed by atoms with Gasteiger partial charge in [-0.1, -0.05) is 20.8 Å². The van der Waals surface area contributed by atoms with Gasteiger partial charge in [-0.05, 0) is 30.6 Å². The summed E-state index contributed by atoms with van der Waals surface area (Å²) in [6.45, 7) is 6.93. The van der Waals surface area contributed by atoms with E-state index in [4.69, 9.17) is 5.73 Å². The summed E-state index contributed by atoms with van der Waals surface area (Å²) in [5.74, 6) is 2.46. The second-order valence-electron chi connectivity index (χ2n) is 4.07. The highest BCUT2D eigenvalue weighted by molar-refractivity contribution is 4.81. The highest BCUT2D eigenvalue weighted by Gasteiger charge is 2.27. The summed E-state index contributed by atoms with van der Waals surface area (Å²) in [7, 11) is 0. The van der Waals surface area contributed by atoms with Crippen molar-refractivity contribution >= 4 is 0 Å². The third-order valence-electron chi connectivity index (χ3n) is 3.09. The lowest BCUT2D eigenvalue weighted by Gasteiger charge is -2.34. The molecule has 60 valence electrons. The molecule has 1 rings (SSSR count). The van der Waals surface area contributed by atoms with Crippen LogP contribution in [0, 0.1) is 17.8 Å². The average molecular weight is 141 g/mol. The van der Waals surface area contributed by atoms with E-state index in [0.717, 1.165) is 17.8 Å². The molecule has 0 radical (unpaired) electrons. The summed E-state index contributed by atoms with van der Waals surface area (Å²) >= 11 is 0. The van der Waals surface area contributed by atoms with Crippen LogP contribution in [0.2, 0.25) is 0 Å². The van der Waals surface area contributed by atoms with Crippen molar-refractivity contribution < 1.29 is 0 Å². The van der Waals surface area contributed by atoms with Crippen LogP contribution in [0.4, 0.5) is 0 Å². The molecule has 1 fully saturated rings. The molecule has 1 heteroatoms. The zero-order valence-corrected chi connectivity index (χ0v) is 7.30. The van der Waals surface area contributed by atoms with Gasteiger partial charge in [0.1, 0.15) is 0 Å². The third kappa shape index (κ3) is 1.51. The van der Waals surface area contributed by atoms with Crippen LogP contribution in [-0.2, 0) is 0 Å². The summed E-state index contributed by atoms with van der Waals surface area (Å²) in [6.07, 6.45) is 2.55. The van der Waals surface area contributed by atoms with E-state index in [-0.39, 0.29) is 0 Å². The molecule has 3 unspecified atom stereocenters. The molecule has 0 spiro atoms. The van der Waals surface area contributed by atoms with E-state index >= 15 is 0 Å². The molecule has 0 aromatic carbocycles. The first-order valence-corrected chi connectivity index (χ1v) is 4.37. The van der Waals surface area contributed by atoms with Crippen LogP contribution in [0.25, 0.3) is 0 Å². The van der Waals surface area contributed by atoms with Gasteiger partial charge in [0.2, 0.25) is 0 Å². The lowest BCUT2D eigenvalue weighted by Crippen LogP contribution is -2.37. The van der Waals surface area contributed by atoms with E-state index in [1.807, 2.05) is 0 Å². The van der Waals surface area contributed by atoms with Crippen LogP contribution >= 0.6 is 0 Å². The van der Waals surface area contributed by atoms with Crippen LogP contribution in [0.15, 0.2) is 0 Å². The molecule has 1 saturated carbocycles. The van der Waals surface area contributed by atoms with Gasteiger partial charge in [0, 0.05) is 6.04 Å². The number of rotatable bonds is 0. The lowest BCUT2D eigenvalue weighted by atomic mass is 9.74. The molecule has 4 atom stereocenters. The van der Waals surface area contributed by atoms with Gasteiger partial charge in [-0.15, -0.1) is 0 Å². The van der Waals surface area contributed by atoms with Crippen molar-refractivity contribution in [3.8, 4) is 0 Å². The molecule has 1 nitrogen and oxygen atoms in total. The summed E-state index contributed by atoms with van der Waals surface area (Å²) in [4.78, 5) is 0. The van der Waals surface area contributed by atoms with Crippen molar-refractivity contribution in [3.05, 3.63) is 0 Å². The van der Waals surface area contributed by atoms with Gasteiger partial charge >= 0.3 is 0 Å². The van der Waals surface area contributed by atoms with E-state index in [0.29, 0.717) is 6.04 Å². The molecule has 0 bridgehead atoms. The fraction of sp³-hybridized carbons (Fsp3) is 1.00. The summed E-state index contributed by atoms with van der Waals surface area (Å²) in [5, 5.41) is 0. The fourth-order valence-corrected chi connectivity index (χ4v) is 1.89. The Hall–Kier alpha value is -0.0400. The Labute approximate surface area is 64.0 Å². The monoisotopic (exact) mass is 141 g/mol. The first kappa shape index (κ1) is 8.06. The van der Waals surface area contributed by atoms with Crippen LogP contribution in [0.5, 0.6) is 0 Å². The van der Waals surface area contributed by atoms with Crippen LogP contribution in [0.3, 0.4) is 0 Å². The van der Waals surface area contributed by atoms with Gasteiger partial charge in [0.05, 0.1) is 0 Å². The van der Waals surface area contributed by atoms with E-state index in [2.05, 4.69) is 20.8 Å². The predicted molar refractivity (Wildman–Crippen MR) is 44.7 cm³/mol. The van der Waals surface area contributed by atoms with Crippen molar-refractivity contribution in [3.63, 3.8) is 0 Å². The molecule has 10 heavy (non-hydrogen) atoms. The van der Waals surface area contributed by atoms with Gasteiger partial charge in [-0.25, -0.2) is 0 Å². The van der Waals surface area contributed by atoms with Crippen molar-refractivity contribution in [1.82, 2.24) is 0 Å². The van der Waals surface area contributed by atoms with E-state index < -0.39 is 0 Å². The van der Waals surface area contributed by atoms with Crippen molar-refractivity contribution in [2.75, 3.05) is 0 Å². The third-order valence-corrected chi connectivity index (χ3v) is 3.09. The Morgan fingerprint density at radius 2 is 1.40 bits per heavy atom. The van der Waals surface area contributed by atoms with Gasteiger partial charge in [-0.2, -0.15) is 0 Å². The summed E-state index contributed by atoms with van der Waals surface area (Å²) < 4.78 is 0. The van der Waals surface area contributed by atoms with E-state index in [9.17, 15) is 0 Å². The molecule has 0 saturated heterocycles. The molecule has 0 aromatic rings. The Morgan fingerprint density at radius 3 is 1.90 bits per heavy atom. The van der Waals surface area contributed by atoms with E-state index in [1.54, 1.807) is 0 Å². The van der Waals surface area contributed by atoms with Gasteiger partial charge in [-0.3, -0.25) is 0 Å². The Kier molecular flexibility index (Phi) is 2.35. The summed E-state index contributed by atoms with van der Waals surface area (Å²) in [5.41, 5.74) is 5.93. The SMILES string of the molecule is CC1CC(N)[C@@H](C)CC1C. The largest absolute Gasteiger partial charge is 0.327 e. The molecular formula is C9H19N. The van der Waals surface area contributed by atoms with Gasteiger partial charge < -0.3 is 5.73 Å². The standard InChI is InChI=1S/C9H19N/c1-6-4-8(3)9(10)5-7(6)2/h6-9H,4-5,10H2,1-3H3/t6?,7?,8-,9?/m0/s1. The lowest BCUT2D eigenvalue weighted by molar-refractivity contribution is 0.192. The molecule has 0 aromatic heterocycles. The van der Waals surface area contributed by atoms with Crippen LogP contribution in [0.1, 0.15) is 33.6 Å². The van der Waals surface area contributed by atoms with E-state index in [1.165, 1.54) is 12.8 Å². The Morgan fingerprint density at radius 1 is 0.900 bits per heavy atom. The van der Waals surface area contributed by atoms with Gasteiger partial charge in [0.15, 0.2) is 0 Å². The minimum atomic E-state index is 0.464. The maximum atomic E-state index is 5.93. The van der Waals surface area contributed by atoms with Crippen LogP contribution < -0.4 is 5.73 Å². The molecule has 0 aliphatic heterocycles. The Bertz CT molecular complexity index is 85.3. The molecule has 1 aliphatic carbocycles. The molecule has 0 amide bonds. The minimum Gasteiger partial charge on any atom is -0.327 e.